The van der Waals surface area contributed by atoms with Crippen LogP contribution in [0.15, 0.2) is 78.5 Å². The van der Waals surface area contributed by atoms with Crippen LogP contribution in [0, 0.1) is 0 Å². The zero-order valence-corrected chi connectivity index (χ0v) is 22.5. The molecule has 1 unspecified atom stereocenters. The minimum absolute atomic E-state index is 0.0228. The number of ether oxygens (including phenoxy) is 1. The van der Waals surface area contributed by atoms with E-state index in [-0.39, 0.29) is 29.0 Å². The molecule has 1 aromatic heterocycles. The monoisotopic (exact) mass is 524 g/mol. The lowest BCUT2D eigenvalue weighted by Gasteiger charge is -2.26. The molecule has 1 aliphatic rings. The highest BCUT2D eigenvalue weighted by Gasteiger charge is 2.46. The number of H-pyrrole nitrogens is 1. The van der Waals surface area contributed by atoms with Gasteiger partial charge in [-0.25, -0.2) is 0 Å². The Morgan fingerprint density at radius 3 is 2.44 bits per heavy atom. The molecule has 7 heteroatoms. The van der Waals surface area contributed by atoms with Crippen molar-refractivity contribution in [3.63, 3.8) is 0 Å². The molecule has 0 radical (unpaired) electrons. The average molecular weight is 525 g/mol. The number of likely N-dealkylation sites (tertiary alicyclic amines) is 1. The maximum absolute atomic E-state index is 13.5. The van der Waals surface area contributed by atoms with Crippen LogP contribution >= 0.6 is 0 Å². The number of aromatic hydroxyl groups is 1. The van der Waals surface area contributed by atoms with Crippen LogP contribution < -0.4 is 4.74 Å². The first-order valence-corrected chi connectivity index (χ1v) is 12.9. The summed E-state index contributed by atoms with van der Waals surface area (Å²) in [6.45, 7) is 6.38. The van der Waals surface area contributed by atoms with E-state index in [4.69, 9.17) is 4.74 Å². The van der Waals surface area contributed by atoms with Crippen molar-refractivity contribution in [1.29, 1.82) is 0 Å². The van der Waals surface area contributed by atoms with E-state index < -0.39 is 17.7 Å². The summed E-state index contributed by atoms with van der Waals surface area (Å²) in [6.07, 6.45) is 2.44. The summed E-state index contributed by atoms with van der Waals surface area (Å²) in [5.41, 5.74) is 3.68. The van der Waals surface area contributed by atoms with Gasteiger partial charge in [-0.15, -0.1) is 0 Å². The molecule has 0 spiro atoms. The first-order chi connectivity index (χ1) is 18.6. The van der Waals surface area contributed by atoms with Crippen LogP contribution in [0.5, 0.6) is 11.5 Å². The summed E-state index contributed by atoms with van der Waals surface area (Å²) >= 11 is 0. The molecule has 1 amide bonds. The predicted molar refractivity (Wildman–Crippen MR) is 151 cm³/mol. The Morgan fingerprint density at radius 2 is 1.74 bits per heavy atom. The van der Waals surface area contributed by atoms with Crippen molar-refractivity contribution in [1.82, 2.24) is 9.88 Å². The van der Waals surface area contributed by atoms with Crippen LogP contribution in [0.3, 0.4) is 0 Å². The summed E-state index contributed by atoms with van der Waals surface area (Å²) in [7, 11) is 1.59. The molecule has 1 saturated heterocycles. The number of Topliss-reactive ketones (excluding diaryl/α,β-unsaturated/α-hetero) is 1. The second-order valence-corrected chi connectivity index (χ2v) is 10.9. The molecule has 0 bridgehead atoms. The predicted octanol–water partition coefficient (Wildman–Crippen LogP) is 5.84. The molecule has 200 valence electrons. The van der Waals surface area contributed by atoms with Gasteiger partial charge in [0.15, 0.2) is 0 Å². The number of aliphatic hydroxyl groups is 1. The number of aliphatic hydroxyl groups excluding tert-OH is 1. The Morgan fingerprint density at radius 1 is 1.03 bits per heavy atom. The van der Waals surface area contributed by atoms with E-state index in [0.717, 1.165) is 22.0 Å². The molecule has 3 N–H and O–H groups in total. The van der Waals surface area contributed by atoms with Gasteiger partial charge in [0.2, 0.25) is 0 Å². The molecule has 5 rings (SSSR count). The summed E-state index contributed by atoms with van der Waals surface area (Å²) in [5.74, 6) is -0.904. The van der Waals surface area contributed by atoms with E-state index in [1.54, 1.807) is 37.4 Å². The van der Waals surface area contributed by atoms with Crippen molar-refractivity contribution in [2.75, 3.05) is 13.7 Å². The second kappa shape index (κ2) is 9.98. The number of para-hydroxylation sites is 1. The lowest BCUT2D eigenvalue weighted by molar-refractivity contribution is -0.139. The fourth-order valence-corrected chi connectivity index (χ4v) is 5.29. The molecule has 3 aromatic carbocycles. The third-order valence-corrected chi connectivity index (χ3v) is 7.33. The Labute approximate surface area is 227 Å². The van der Waals surface area contributed by atoms with Gasteiger partial charge in [0, 0.05) is 34.8 Å². The third-order valence-electron chi connectivity index (χ3n) is 7.33. The Hall–Kier alpha value is -4.52. The smallest absolute Gasteiger partial charge is 0.295 e. The topological polar surface area (TPSA) is 103 Å². The number of benzene rings is 3. The van der Waals surface area contributed by atoms with Crippen molar-refractivity contribution in [3.8, 4) is 11.5 Å². The van der Waals surface area contributed by atoms with E-state index in [1.807, 2.05) is 51.2 Å². The maximum atomic E-state index is 13.5. The van der Waals surface area contributed by atoms with Gasteiger partial charge >= 0.3 is 0 Å². The van der Waals surface area contributed by atoms with Crippen LogP contribution in [0.4, 0.5) is 0 Å². The van der Waals surface area contributed by atoms with E-state index in [9.17, 15) is 19.8 Å². The largest absolute Gasteiger partial charge is 0.508 e. The number of amides is 1. The number of nitrogens with zero attached hydrogens (tertiary/aromatic N) is 1. The van der Waals surface area contributed by atoms with Crippen molar-refractivity contribution in [2.45, 2.75) is 38.6 Å². The molecule has 0 saturated carbocycles. The molecule has 1 aliphatic heterocycles. The lowest BCUT2D eigenvalue weighted by atomic mass is 9.84. The maximum Gasteiger partial charge on any atom is 0.295 e. The number of nitrogens with one attached hydrogen (secondary N) is 1. The summed E-state index contributed by atoms with van der Waals surface area (Å²) in [4.78, 5) is 31.6. The van der Waals surface area contributed by atoms with Crippen LogP contribution in [0.1, 0.15) is 49.1 Å². The van der Waals surface area contributed by atoms with Crippen molar-refractivity contribution in [3.05, 3.63) is 101 Å². The highest BCUT2D eigenvalue weighted by Crippen LogP contribution is 2.41. The quantitative estimate of drug-likeness (QED) is 0.167. The summed E-state index contributed by atoms with van der Waals surface area (Å²) < 4.78 is 5.53. The van der Waals surface area contributed by atoms with Gasteiger partial charge in [0.25, 0.3) is 11.7 Å². The Balaban J connectivity index is 1.59. The van der Waals surface area contributed by atoms with Gasteiger partial charge in [0.05, 0.1) is 18.7 Å². The van der Waals surface area contributed by atoms with Crippen molar-refractivity contribution >= 4 is 28.4 Å². The molecule has 1 fully saturated rings. The zero-order chi connectivity index (χ0) is 27.9. The van der Waals surface area contributed by atoms with Gasteiger partial charge in [-0.1, -0.05) is 51.1 Å². The van der Waals surface area contributed by atoms with E-state index in [2.05, 4.69) is 4.98 Å². The summed E-state index contributed by atoms with van der Waals surface area (Å²) in [5, 5.41) is 22.5. The molecule has 7 nitrogen and oxygen atoms in total. The Bertz CT molecular complexity index is 1590. The fourth-order valence-electron chi connectivity index (χ4n) is 5.29. The highest BCUT2D eigenvalue weighted by molar-refractivity contribution is 6.46. The number of methoxy groups -OCH3 is 1. The highest BCUT2D eigenvalue weighted by atomic mass is 16.5. The number of phenolic OH excluding ortho intramolecular Hbond substituents is 1. The molecule has 2 heterocycles. The van der Waals surface area contributed by atoms with E-state index in [0.29, 0.717) is 23.3 Å². The van der Waals surface area contributed by atoms with Crippen LogP contribution in [-0.4, -0.2) is 45.4 Å². The molecule has 0 aliphatic carbocycles. The minimum atomic E-state index is -0.809. The number of rotatable bonds is 6. The van der Waals surface area contributed by atoms with Crippen LogP contribution in [0.2, 0.25) is 0 Å². The number of fused-ring (bicyclic) bond motifs is 1. The van der Waals surface area contributed by atoms with Crippen molar-refractivity contribution in [2.24, 2.45) is 0 Å². The zero-order valence-electron chi connectivity index (χ0n) is 22.5. The fraction of sp³-hybridized carbons (Fsp3) is 0.250. The Kier molecular flexibility index (Phi) is 6.68. The van der Waals surface area contributed by atoms with Gasteiger partial charge < -0.3 is 24.8 Å². The second-order valence-electron chi connectivity index (χ2n) is 10.9. The van der Waals surface area contributed by atoms with Gasteiger partial charge in [-0.2, -0.15) is 0 Å². The van der Waals surface area contributed by atoms with E-state index in [1.165, 1.54) is 17.0 Å². The molecule has 1 atom stereocenters. The third kappa shape index (κ3) is 4.76. The van der Waals surface area contributed by atoms with Crippen molar-refractivity contribution < 1.29 is 24.5 Å². The average Bonchev–Trinajstić information content (AvgIpc) is 3.45. The minimum Gasteiger partial charge on any atom is -0.508 e. The number of aromatic nitrogens is 1. The van der Waals surface area contributed by atoms with Crippen LogP contribution in [-0.2, 0) is 21.4 Å². The first kappa shape index (κ1) is 26.1. The normalized spacial score (nSPS) is 17.2. The van der Waals surface area contributed by atoms with Gasteiger partial charge in [-0.05, 0) is 59.4 Å². The number of hydrogen-bond donors (Lipinski definition) is 3. The SMILES string of the molecule is COc1ccc(/C(O)=C2\C(=O)C(=O)N(CCc3c[nH]c4ccccc34)C2c2ccc(O)cc2)cc1C(C)(C)C. The van der Waals surface area contributed by atoms with Gasteiger partial charge in [-0.3, -0.25) is 9.59 Å². The summed E-state index contributed by atoms with van der Waals surface area (Å²) in [6, 6.07) is 18.7. The number of carbonyl (C=O) groups is 2. The van der Waals surface area contributed by atoms with Gasteiger partial charge in [0.1, 0.15) is 17.3 Å². The number of aromatic amines is 1. The number of phenols is 1. The molecule has 39 heavy (non-hydrogen) atoms. The van der Waals surface area contributed by atoms with Crippen LogP contribution in [0.25, 0.3) is 16.7 Å². The lowest BCUT2D eigenvalue weighted by Crippen LogP contribution is -2.31. The molecular formula is C32H32N2O5. The van der Waals surface area contributed by atoms with E-state index >= 15 is 0 Å². The first-order valence-electron chi connectivity index (χ1n) is 12.9. The number of hydrogen-bond acceptors (Lipinski definition) is 5. The number of ketones is 1. The number of carbonyl (C=O) groups excluding carboxylic acids is 2. The molecule has 4 aromatic rings. The standard InChI is InChI=1S/C32H32N2O5/c1-32(2,3)24-17-20(11-14-26(24)39-4)29(36)27-28(19-9-12-22(35)13-10-19)34(31(38)30(27)37)16-15-21-18-33-25-8-6-5-7-23(21)25/h5-14,17-18,28,33,35-36H,15-16H2,1-4H3/b29-27+. The molecular weight excluding hydrogens is 492 g/mol.